The number of rotatable bonds is 6. The van der Waals surface area contributed by atoms with Crippen molar-refractivity contribution in [3.8, 4) is 5.75 Å². The number of hydrogen-bond acceptors (Lipinski definition) is 3. The molecule has 0 aliphatic heterocycles. The Labute approximate surface area is 103 Å². The number of ether oxygens (including phenoxy) is 2. The average molecular weight is 235 g/mol. The van der Waals surface area contributed by atoms with Gasteiger partial charge in [-0.3, -0.25) is 0 Å². The van der Waals surface area contributed by atoms with Gasteiger partial charge in [0.05, 0.1) is 19.3 Å². The minimum Gasteiger partial charge on any atom is -0.494 e. The molecule has 0 heterocycles. The largest absolute Gasteiger partial charge is 0.494 e. The van der Waals surface area contributed by atoms with Crippen LogP contribution in [0.5, 0.6) is 5.75 Å². The summed E-state index contributed by atoms with van der Waals surface area (Å²) in [5.74, 6) is 0.875. The molecule has 2 N–H and O–H groups in total. The van der Waals surface area contributed by atoms with Crippen molar-refractivity contribution in [2.24, 2.45) is 0 Å². The van der Waals surface area contributed by atoms with Gasteiger partial charge in [0, 0.05) is 12.1 Å². The maximum absolute atomic E-state index is 5.76. The van der Waals surface area contributed by atoms with Crippen LogP contribution in [0.4, 0.5) is 5.69 Å². The number of nitrogen functional groups attached to an aromatic ring is 1. The molecule has 1 saturated carbocycles. The lowest BCUT2D eigenvalue weighted by molar-refractivity contribution is 0.0505. The molecular formula is C14H21NO2. The first-order valence-electron chi connectivity index (χ1n) is 6.44. The molecule has 1 aromatic rings. The molecule has 17 heavy (non-hydrogen) atoms. The molecule has 0 spiro atoms. The van der Waals surface area contributed by atoms with Crippen molar-refractivity contribution in [2.45, 2.75) is 38.2 Å². The number of hydrogen-bond donors (Lipinski definition) is 1. The Balaban J connectivity index is 1.55. The van der Waals surface area contributed by atoms with Gasteiger partial charge in [0.15, 0.2) is 0 Å². The first kappa shape index (κ1) is 12.2. The molecule has 0 aromatic heterocycles. The summed E-state index contributed by atoms with van der Waals surface area (Å²) in [5, 5.41) is 0. The molecule has 0 bridgehead atoms. The molecule has 0 unspecified atom stereocenters. The van der Waals surface area contributed by atoms with Crippen LogP contribution in [-0.2, 0) is 4.74 Å². The van der Waals surface area contributed by atoms with Crippen molar-refractivity contribution in [1.29, 1.82) is 0 Å². The lowest BCUT2D eigenvalue weighted by atomic mass is 10.3. The van der Waals surface area contributed by atoms with Gasteiger partial charge in [0.2, 0.25) is 0 Å². The van der Waals surface area contributed by atoms with Crippen LogP contribution in [0.15, 0.2) is 24.3 Å². The molecule has 1 aliphatic rings. The molecular weight excluding hydrogens is 214 g/mol. The van der Waals surface area contributed by atoms with Crippen molar-refractivity contribution in [3.63, 3.8) is 0 Å². The van der Waals surface area contributed by atoms with E-state index in [0.29, 0.717) is 12.7 Å². The van der Waals surface area contributed by atoms with E-state index in [1.807, 2.05) is 24.3 Å². The van der Waals surface area contributed by atoms with Gasteiger partial charge >= 0.3 is 0 Å². The number of nitrogens with two attached hydrogens (primary N) is 1. The second kappa shape index (κ2) is 6.50. The predicted molar refractivity (Wildman–Crippen MR) is 69.2 cm³/mol. The van der Waals surface area contributed by atoms with E-state index in [4.69, 9.17) is 15.2 Å². The monoisotopic (exact) mass is 235 g/mol. The highest BCUT2D eigenvalue weighted by Crippen LogP contribution is 2.21. The van der Waals surface area contributed by atoms with Gasteiger partial charge in [0.1, 0.15) is 5.75 Å². The third kappa shape index (κ3) is 4.27. The molecule has 0 atom stereocenters. The van der Waals surface area contributed by atoms with E-state index in [-0.39, 0.29) is 0 Å². The van der Waals surface area contributed by atoms with E-state index < -0.39 is 0 Å². The molecule has 1 aromatic carbocycles. The van der Waals surface area contributed by atoms with Gasteiger partial charge in [-0.15, -0.1) is 0 Å². The third-order valence-electron chi connectivity index (χ3n) is 3.09. The number of anilines is 1. The summed E-state index contributed by atoms with van der Waals surface area (Å²) >= 11 is 0. The first-order valence-corrected chi connectivity index (χ1v) is 6.44. The van der Waals surface area contributed by atoms with Crippen LogP contribution in [0.1, 0.15) is 32.1 Å². The van der Waals surface area contributed by atoms with E-state index in [2.05, 4.69) is 0 Å². The maximum Gasteiger partial charge on any atom is 0.119 e. The van der Waals surface area contributed by atoms with Crippen LogP contribution in [-0.4, -0.2) is 19.3 Å². The van der Waals surface area contributed by atoms with Gasteiger partial charge < -0.3 is 15.2 Å². The summed E-state index contributed by atoms with van der Waals surface area (Å²) in [6.45, 7) is 1.51. The maximum atomic E-state index is 5.76. The highest BCUT2D eigenvalue weighted by Gasteiger charge is 2.14. The Bertz CT molecular complexity index is 317. The van der Waals surface area contributed by atoms with Crippen molar-refractivity contribution in [3.05, 3.63) is 24.3 Å². The Hall–Kier alpha value is -1.22. The van der Waals surface area contributed by atoms with Gasteiger partial charge in [-0.1, -0.05) is 12.8 Å². The van der Waals surface area contributed by atoms with Crippen molar-refractivity contribution < 1.29 is 9.47 Å². The van der Waals surface area contributed by atoms with E-state index in [1.165, 1.54) is 25.7 Å². The molecule has 1 fully saturated rings. The second-order valence-electron chi connectivity index (χ2n) is 4.55. The smallest absolute Gasteiger partial charge is 0.119 e. The Kier molecular flexibility index (Phi) is 4.68. The Morgan fingerprint density at radius 2 is 1.76 bits per heavy atom. The summed E-state index contributed by atoms with van der Waals surface area (Å²) < 4.78 is 11.4. The fraction of sp³-hybridized carbons (Fsp3) is 0.571. The van der Waals surface area contributed by atoms with Gasteiger partial charge in [0.25, 0.3) is 0 Å². The minimum atomic E-state index is 0.506. The first-order chi connectivity index (χ1) is 8.34. The summed E-state index contributed by atoms with van der Waals surface area (Å²) in [4.78, 5) is 0. The molecule has 3 nitrogen and oxygen atoms in total. The Morgan fingerprint density at radius 1 is 1.06 bits per heavy atom. The Morgan fingerprint density at radius 3 is 2.47 bits per heavy atom. The van der Waals surface area contributed by atoms with E-state index in [0.717, 1.165) is 24.5 Å². The molecule has 1 aliphatic carbocycles. The fourth-order valence-electron chi connectivity index (χ4n) is 2.12. The predicted octanol–water partition coefficient (Wildman–Crippen LogP) is 3.00. The lowest BCUT2D eigenvalue weighted by Crippen LogP contribution is -2.10. The molecule has 0 amide bonds. The van der Waals surface area contributed by atoms with Crippen molar-refractivity contribution in [1.82, 2.24) is 0 Å². The van der Waals surface area contributed by atoms with E-state index in [9.17, 15) is 0 Å². The summed E-state index contributed by atoms with van der Waals surface area (Å²) in [6, 6.07) is 7.50. The highest BCUT2D eigenvalue weighted by molar-refractivity contribution is 5.41. The molecule has 94 valence electrons. The highest BCUT2D eigenvalue weighted by atomic mass is 16.5. The number of benzene rings is 1. The van der Waals surface area contributed by atoms with Crippen molar-refractivity contribution >= 4 is 5.69 Å². The zero-order chi connectivity index (χ0) is 11.9. The van der Waals surface area contributed by atoms with Gasteiger partial charge in [-0.05, 0) is 37.1 Å². The van der Waals surface area contributed by atoms with Crippen LogP contribution in [0.3, 0.4) is 0 Å². The zero-order valence-corrected chi connectivity index (χ0v) is 10.2. The van der Waals surface area contributed by atoms with Gasteiger partial charge in [-0.2, -0.15) is 0 Å². The van der Waals surface area contributed by atoms with E-state index in [1.54, 1.807) is 0 Å². The van der Waals surface area contributed by atoms with Crippen LogP contribution in [0.2, 0.25) is 0 Å². The zero-order valence-electron chi connectivity index (χ0n) is 10.2. The van der Waals surface area contributed by atoms with Crippen LogP contribution in [0.25, 0.3) is 0 Å². The topological polar surface area (TPSA) is 44.5 Å². The fourth-order valence-corrected chi connectivity index (χ4v) is 2.12. The summed E-state index contributed by atoms with van der Waals surface area (Å²) in [7, 11) is 0. The standard InChI is InChI=1S/C14H21NO2/c15-12-6-8-14(9-7-12)17-11-3-10-16-13-4-1-2-5-13/h6-9,13H,1-5,10-11,15H2. The molecule has 0 saturated heterocycles. The van der Waals surface area contributed by atoms with Crippen LogP contribution in [0, 0.1) is 0 Å². The second-order valence-corrected chi connectivity index (χ2v) is 4.55. The quantitative estimate of drug-likeness (QED) is 0.609. The molecule has 3 heteroatoms. The van der Waals surface area contributed by atoms with E-state index >= 15 is 0 Å². The molecule has 0 radical (unpaired) electrons. The third-order valence-corrected chi connectivity index (χ3v) is 3.09. The van der Waals surface area contributed by atoms with Crippen LogP contribution < -0.4 is 10.5 Å². The summed E-state index contributed by atoms with van der Waals surface area (Å²) in [6.07, 6.45) is 6.57. The van der Waals surface area contributed by atoms with Crippen LogP contribution >= 0.6 is 0 Å². The summed E-state index contributed by atoms with van der Waals surface area (Å²) in [5.41, 5.74) is 6.36. The SMILES string of the molecule is Nc1ccc(OCCCOC2CCCC2)cc1. The average Bonchev–Trinajstić information content (AvgIpc) is 2.84. The normalized spacial score (nSPS) is 16.2. The molecule has 2 rings (SSSR count). The van der Waals surface area contributed by atoms with Gasteiger partial charge in [-0.25, -0.2) is 0 Å². The lowest BCUT2D eigenvalue weighted by Gasteiger charge is -2.11. The minimum absolute atomic E-state index is 0.506. The van der Waals surface area contributed by atoms with Crippen molar-refractivity contribution in [2.75, 3.05) is 18.9 Å².